The largest absolute Gasteiger partial charge is 0.493 e. The van der Waals surface area contributed by atoms with Gasteiger partial charge in [-0.3, -0.25) is 4.79 Å². The minimum Gasteiger partial charge on any atom is -0.493 e. The first kappa shape index (κ1) is 28.0. The molecule has 0 saturated carbocycles. The fraction of sp³-hybridized carbons (Fsp3) is 0.167. The summed E-state index contributed by atoms with van der Waals surface area (Å²) >= 11 is 0. The number of nitrogens with zero attached hydrogens (tertiary/aromatic N) is 3. The van der Waals surface area contributed by atoms with Crippen molar-refractivity contribution in [2.45, 2.75) is 19.3 Å². The zero-order chi connectivity index (χ0) is 25.9. The summed E-state index contributed by atoms with van der Waals surface area (Å²) in [5.41, 5.74) is -9.32. The number of carbonyl (C=O) groups excluding carboxylic acids is 1. The van der Waals surface area contributed by atoms with E-state index in [-0.39, 0.29) is 33.9 Å². The van der Waals surface area contributed by atoms with Crippen molar-refractivity contribution in [2.24, 2.45) is 0 Å². The predicted octanol–water partition coefficient (Wildman–Crippen LogP) is 5.24. The Morgan fingerprint density at radius 2 is 1.23 bits per heavy atom. The molecule has 0 aliphatic carbocycles. The number of alkyl halides is 6. The van der Waals surface area contributed by atoms with Crippen LogP contribution in [0.2, 0.25) is 0 Å². The molecule has 5 nitrogen and oxygen atoms in total. The number of benzene rings is 1. The summed E-state index contributed by atoms with van der Waals surface area (Å²) in [6, 6.07) is -0.182. The van der Waals surface area contributed by atoms with Crippen LogP contribution in [0.25, 0.3) is 5.69 Å². The van der Waals surface area contributed by atoms with Crippen LogP contribution in [0, 0.1) is 36.0 Å². The van der Waals surface area contributed by atoms with Crippen molar-refractivity contribution in [3.05, 3.63) is 69.4 Å². The molecule has 189 valence electrons. The topological polar surface area (TPSA) is 68.0 Å². The Hall–Kier alpha value is -3.20. The monoisotopic (exact) mass is 560 g/mol. The molecule has 3 rings (SSSR count). The Labute approximate surface area is 196 Å². The van der Waals surface area contributed by atoms with E-state index in [0.29, 0.717) is 0 Å². The van der Waals surface area contributed by atoms with Gasteiger partial charge in [0.1, 0.15) is 22.6 Å². The number of aromatic nitrogens is 3. The van der Waals surface area contributed by atoms with Crippen molar-refractivity contribution in [3.8, 4) is 11.6 Å². The molecular formula is C18H6F11MnN3O2. The van der Waals surface area contributed by atoms with Crippen molar-refractivity contribution >= 4 is 5.78 Å². The van der Waals surface area contributed by atoms with Crippen LogP contribution in [-0.4, -0.2) is 25.7 Å². The summed E-state index contributed by atoms with van der Waals surface area (Å²) in [6.45, 7) is 0.825. The molecular weight excluding hydrogens is 554 g/mol. The third-order valence-electron chi connectivity index (χ3n) is 4.33. The molecule has 35 heavy (non-hydrogen) atoms. The Balaban J connectivity index is 0.00000432. The number of aromatic hydroxyl groups is 1. The van der Waals surface area contributed by atoms with E-state index >= 15 is 0 Å². The average molecular weight is 560 g/mol. The van der Waals surface area contributed by atoms with E-state index in [2.05, 4.69) is 10.1 Å². The van der Waals surface area contributed by atoms with Crippen LogP contribution in [0.1, 0.15) is 33.0 Å². The van der Waals surface area contributed by atoms with E-state index in [1.54, 1.807) is 0 Å². The molecule has 0 spiro atoms. The maximum Gasteiger partial charge on any atom is 0.433 e. The van der Waals surface area contributed by atoms with E-state index in [4.69, 9.17) is 0 Å². The standard InChI is InChI=1S/C18H6F11N3O2.Mn/c1-4-8(15(33)5-2-6(17(24,25)26)30-7(3-5)18(27,28)29)16(34)32(31-4)14-12(22)10(20)9(19)11(21)13(14)23;/h2-3,34H,1H3;. The van der Waals surface area contributed by atoms with Gasteiger partial charge < -0.3 is 5.11 Å². The van der Waals surface area contributed by atoms with Gasteiger partial charge in [0.05, 0.1) is 5.69 Å². The summed E-state index contributed by atoms with van der Waals surface area (Å²) in [7, 11) is 0. The van der Waals surface area contributed by atoms with Gasteiger partial charge in [0, 0.05) is 22.6 Å². The number of hydrogen-bond donors (Lipinski definition) is 1. The van der Waals surface area contributed by atoms with Crippen LogP contribution >= 0.6 is 0 Å². The molecule has 0 saturated heterocycles. The summed E-state index contributed by atoms with van der Waals surface area (Å²) in [4.78, 5) is 15.1. The summed E-state index contributed by atoms with van der Waals surface area (Å²) in [5, 5.41) is 13.5. The molecule has 0 aliphatic heterocycles. The number of ketones is 1. The molecule has 0 unspecified atom stereocenters. The maximum absolute atomic E-state index is 14.1. The Morgan fingerprint density at radius 1 is 0.829 bits per heavy atom. The van der Waals surface area contributed by atoms with E-state index in [1.165, 1.54) is 0 Å². The fourth-order valence-corrected chi connectivity index (χ4v) is 2.81. The number of hydrogen-bond acceptors (Lipinski definition) is 4. The van der Waals surface area contributed by atoms with E-state index in [0.717, 1.165) is 6.92 Å². The van der Waals surface area contributed by atoms with E-state index in [1.807, 2.05) is 0 Å². The van der Waals surface area contributed by atoms with E-state index < -0.39 is 87.0 Å². The summed E-state index contributed by atoms with van der Waals surface area (Å²) in [6.07, 6.45) is -10.9. The number of halogens is 11. The van der Waals surface area contributed by atoms with Gasteiger partial charge in [0.2, 0.25) is 17.5 Å². The Morgan fingerprint density at radius 3 is 1.63 bits per heavy atom. The summed E-state index contributed by atoms with van der Waals surface area (Å²) < 4.78 is 146. The van der Waals surface area contributed by atoms with Crippen molar-refractivity contribution in [3.63, 3.8) is 0 Å². The van der Waals surface area contributed by atoms with Crippen LogP contribution in [0.15, 0.2) is 12.1 Å². The summed E-state index contributed by atoms with van der Waals surface area (Å²) in [5.74, 6) is -15.8. The first-order valence-corrected chi connectivity index (χ1v) is 8.48. The van der Waals surface area contributed by atoms with Gasteiger partial charge in [-0.2, -0.15) is 36.1 Å². The molecule has 2 heterocycles. The molecule has 1 N–H and O–H groups in total. The molecule has 0 aliphatic rings. The predicted molar refractivity (Wildman–Crippen MR) is 87.4 cm³/mol. The normalized spacial score (nSPS) is 12.0. The quantitative estimate of drug-likeness (QED) is 0.157. The molecule has 2 aromatic heterocycles. The molecule has 0 bridgehead atoms. The maximum atomic E-state index is 14.1. The first-order valence-electron chi connectivity index (χ1n) is 8.48. The molecule has 0 fully saturated rings. The van der Waals surface area contributed by atoms with Gasteiger partial charge in [0.25, 0.3) is 0 Å². The van der Waals surface area contributed by atoms with Gasteiger partial charge in [-0.1, -0.05) is 0 Å². The second-order valence-electron chi connectivity index (χ2n) is 6.57. The molecule has 0 amide bonds. The zero-order valence-electron chi connectivity index (χ0n) is 16.4. The zero-order valence-corrected chi connectivity index (χ0v) is 17.6. The number of carbonyl (C=O) groups is 1. The van der Waals surface area contributed by atoms with Crippen molar-refractivity contribution in [1.29, 1.82) is 0 Å². The van der Waals surface area contributed by atoms with Crippen molar-refractivity contribution < 1.29 is 75.3 Å². The van der Waals surface area contributed by atoms with Gasteiger partial charge in [-0.05, 0) is 19.1 Å². The Bertz CT molecular complexity index is 1270. The minimum atomic E-state index is -5.44. The molecule has 1 aromatic carbocycles. The van der Waals surface area contributed by atoms with Crippen molar-refractivity contribution in [2.75, 3.05) is 0 Å². The minimum absolute atomic E-state index is 0. The van der Waals surface area contributed by atoms with Crippen LogP contribution in [0.4, 0.5) is 48.3 Å². The van der Waals surface area contributed by atoms with Gasteiger partial charge in [-0.15, -0.1) is 0 Å². The van der Waals surface area contributed by atoms with Crippen LogP contribution in [0.3, 0.4) is 0 Å². The number of pyridine rings is 1. The van der Waals surface area contributed by atoms with Gasteiger partial charge in [-0.25, -0.2) is 26.9 Å². The van der Waals surface area contributed by atoms with Crippen LogP contribution < -0.4 is 0 Å². The van der Waals surface area contributed by atoms with Crippen LogP contribution in [-0.2, 0) is 29.4 Å². The molecule has 0 atom stereocenters. The fourth-order valence-electron chi connectivity index (χ4n) is 2.81. The smallest absolute Gasteiger partial charge is 0.433 e. The van der Waals surface area contributed by atoms with Gasteiger partial charge >= 0.3 is 12.4 Å². The van der Waals surface area contributed by atoms with E-state index in [9.17, 15) is 58.2 Å². The third kappa shape index (κ3) is 4.82. The average Bonchev–Trinajstić information content (AvgIpc) is 3.02. The second-order valence-corrected chi connectivity index (χ2v) is 6.57. The van der Waals surface area contributed by atoms with Crippen LogP contribution in [0.5, 0.6) is 5.88 Å². The molecule has 17 heteroatoms. The number of rotatable bonds is 3. The molecule has 1 radical (unpaired) electrons. The second kappa shape index (κ2) is 9.11. The van der Waals surface area contributed by atoms with Gasteiger partial charge in [0.15, 0.2) is 23.3 Å². The molecule has 3 aromatic rings. The third-order valence-corrected chi connectivity index (χ3v) is 4.33. The van der Waals surface area contributed by atoms with Crippen molar-refractivity contribution in [1.82, 2.24) is 14.8 Å². The SMILES string of the molecule is Cc1nn(-c2c(F)c(F)c(F)c(F)c2F)c(O)c1C(=O)c1cc(C(F)(F)F)nc(C(F)(F)F)c1.[Mn]. The number of aryl methyl sites for hydroxylation is 1. The Kier molecular flexibility index (Phi) is 7.30. The first-order chi connectivity index (χ1) is 15.5.